The Hall–Kier alpha value is -2.24. The molecule has 19 heavy (non-hydrogen) atoms. The van der Waals surface area contributed by atoms with Crippen LogP contribution in [0.25, 0.3) is 0 Å². The topological polar surface area (TPSA) is 32.6 Å². The highest BCUT2D eigenvalue weighted by atomic mass is 35.5. The molecule has 0 amide bonds. The second-order valence-corrected chi connectivity index (χ2v) is 4.54. The normalized spacial score (nSPS) is 10.6. The summed E-state index contributed by atoms with van der Waals surface area (Å²) in [6.07, 6.45) is 6.90. The second-order valence-electron chi connectivity index (χ2n) is 4.14. The van der Waals surface area contributed by atoms with Gasteiger partial charge >= 0.3 is 0 Å². The Bertz CT molecular complexity index is 684. The second kappa shape index (κ2) is 5.60. The van der Waals surface area contributed by atoms with Crippen molar-refractivity contribution in [2.24, 2.45) is 4.99 Å². The Morgan fingerprint density at radius 1 is 1.32 bits per heavy atom. The van der Waals surface area contributed by atoms with E-state index in [-0.39, 0.29) is 5.75 Å². The molecule has 0 aromatic heterocycles. The van der Waals surface area contributed by atoms with E-state index in [2.05, 4.69) is 10.9 Å². The SMILES string of the molecule is C#Cc1cccc(/N=C/c2cc(C)cc(Cl)c2O)c1. The first-order valence-electron chi connectivity index (χ1n) is 5.70. The van der Waals surface area contributed by atoms with E-state index in [1.54, 1.807) is 18.3 Å². The van der Waals surface area contributed by atoms with Gasteiger partial charge in [0, 0.05) is 17.3 Å². The van der Waals surface area contributed by atoms with Crippen molar-refractivity contribution in [1.29, 1.82) is 0 Å². The van der Waals surface area contributed by atoms with Crippen LogP contribution in [0.4, 0.5) is 5.69 Å². The van der Waals surface area contributed by atoms with Crippen molar-refractivity contribution in [1.82, 2.24) is 0 Å². The van der Waals surface area contributed by atoms with Crippen molar-refractivity contribution < 1.29 is 5.11 Å². The van der Waals surface area contributed by atoms with E-state index in [1.165, 1.54) is 0 Å². The summed E-state index contributed by atoms with van der Waals surface area (Å²) < 4.78 is 0. The number of phenolic OH excluding ortho intramolecular Hbond substituents is 1. The number of halogens is 1. The van der Waals surface area contributed by atoms with E-state index in [4.69, 9.17) is 18.0 Å². The average molecular weight is 270 g/mol. The predicted molar refractivity (Wildman–Crippen MR) is 79.5 cm³/mol. The van der Waals surface area contributed by atoms with Crippen molar-refractivity contribution in [3.8, 4) is 18.1 Å². The maximum Gasteiger partial charge on any atom is 0.142 e. The number of hydrogen-bond donors (Lipinski definition) is 1. The molecule has 0 unspecified atom stereocenters. The number of hydrogen-bond acceptors (Lipinski definition) is 2. The zero-order valence-corrected chi connectivity index (χ0v) is 11.1. The lowest BCUT2D eigenvalue weighted by atomic mass is 10.1. The summed E-state index contributed by atoms with van der Waals surface area (Å²) in [5.41, 5.74) is 3.03. The molecule has 1 N–H and O–H groups in total. The van der Waals surface area contributed by atoms with Crippen molar-refractivity contribution >= 4 is 23.5 Å². The first-order chi connectivity index (χ1) is 9.10. The number of phenols is 1. The van der Waals surface area contributed by atoms with Crippen LogP contribution in [0.2, 0.25) is 5.02 Å². The van der Waals surface area contributed by atoms with Gasteiger partial charge in [-0.05, 0) is 42.8 Å². The number of aromatic hydroxyl groups is 1. The van der Waals surface area contributed by atoms with Gasteiger partial charge in [-0.3, -0.25) is 4.99 Å². The number of aliphatic imine (C=N–C) groups is 1. The van der Waals surface area contributed by atoms with Gasteiger partial charge in [-0.1, -0.05) is 23.6 Å². The smallest absolute Gasteiger partial charge is 0.142 e. The fourth-order valence-corrected chi connectivity index (χ4v) is 1.96. The van der Waals surface area contributed by atoms with Gasteiger partial charge in [0.05, 0.1) is 10.7 Å². The third-order valence-corrected chi connectivity index (χ3v) is 2.89. The molecule has 0 saturated heterocycles. The number of aryl methyl sites for hydroxylation is 1. The third kappa shape index (κ3) is 3.15. The standard InChI is InChI=1S/C16H12ClNO/c1-3-12-5-4-6-14(9-12)18-10-13-7-11(2)8-15(17)16(13)19/h1,4-10,19H,2H3/b18-10+. The zero-order valence-electron chi connectivity index (χ0n) is 10.4. The summed E-state index contributed by atoms with van der Waals surface area (Å²) in [6, 6.07) is 10.8. The summed E-state index contributed by atoms with van der Waals surface area (Å²) in [6.45, 7) is 1.90. The number of terminal acetylenes is 1. The van der Waals surface area contributed by atoms with Crippen LogP contribution in [0.1, 0.15) is 16.7 Å². The molecule has 2 aromatic rings. The monoisotopic (exact) mass is 269 g/mol. The molecular formula is C16H12ClNO. The Morgan fingerprint density at radius 3 is 2.84 bits per heavy atom. The molecule has 0 aliphatic carbocycles. The van der Waals surface area contributed by atoms with Gasteiger partial charge in [0.15, 0.2) is 0 Å². The number of benzene rings is 2. The van der Waals surface area contributed by atoms with Crippen LogP contribution in [0.5, 0.6) is 5.75 Å². The van der Waals surface area contributed by atoms with E-state index in [9.17, 15) is 5.11 Å². The molecule has 2 rings (SSSR count). The minimum absolute atomic E-state index is 0.0316. The molecule has 0 aliphatic rings. The largest absolute Gasteiger partial charge is 0.506 e. The van der Waals surface area contributed by atoms with Crippen molar-refractivity contribution in [3.05, 3.63) is 58.1 Å². The summed E-state index contributed by atoms with van der Waals surface area (Å²) in [4.78, 5) is 4.29. The first-order valence-corrected chi connectivity index (χ1v) is 6.08. The van der Waals surface area contributed by atoms with Crippen LogP contribution in [0.15, 0.2) is 41.4 Å². The lowest BCUT2D eigenvalue weighted by Gasteiger charge is -2.03. The third-order valence-electron chi connectivity index (χ3n) is 2.60. The molecule has 0 heterocycles. The molecule has 0 fully saturated rings. The summed E-state index contributed by atoms with van der Waals surface area (Å²) in [7, 11) is 0. The van der Waals surface area contributed by atoms with E-state index in [0.29, 0.717) is 10.6 Å². The lowest BCUT2D eigenvalue weighted by Crippen LogP contribution is -1.85. The highest BCUT2D eigenvalue weighted by Crippen LogP contribution is 2.28. The molecule has 0 bridgehead atoms. The van der Waals surface area contributed by atoms with Crippen molar-refractivity contribution in [2.45, 2.75) is 6.92 Å². The molecule has 0 radical (unpaired) electrons. The molecular weight excluding hydrogens is 258 g/mol. The van der Waals surface area contributed by atoms with Gasteiger partial charge in [0.1, 0.15) is 5.75 Å². The van der Waals surface area contributed by atoms with Crippen LogP contribution in [-0.2, 0) is 0 Å². The fraction of sp³-hybridized carbons (Fsp3) is 0.0625. The Morgan fingerprint density at radius 2 is 2.11 bits per heavy atom. The van der Waals surface area contributed by atoms with Crippen LogP contribution < -0.4 is 0 Å². The maximum absolute atomic E-state index is 9.85. The van der Waals surface area contributed by atoms with Crippen LogP contribution >= 0.6 is 11.6 Å². The minimum Gasteiger partial charge on any atom is -0.506 e. The number of nitrogens with zero attached hydrogens (tertiary/aromatic N) is 1. The van der Waals surface area contributed by atoms with Gasteiger partial charge in [0.2, 0.25) is 0 Å². The molecule has 0 saturated carbocycles. The van der Waals surface area contributed by atoms with Crippen molar-refractivity contribution in [2.75, 3.05) is 0 Å². The summed E-state index contributed by atoms with van der Waals surface area (Å²) in [5, 5.41) is 10.2. The fourth-order valence-electron chi connectivity index (χ4n) is 1.68. The Balaban J connectivity index is 2.35. The number of rotatable bonds is 2. The van der Waals surface area contributed by atoms with E-state index in [0.717, 1.165) is 16.8 Å². The first kappa shape index (κ1) is 13.2. The highest BCUT2D eigenvalue weighted by molar-refractivity contribution is 6.32. The van der Waals surface area contributed by atoms with Gasteiger partial charge in [-0.2, -0.15) is 0 Å². The van der Waals surface area contributed by atoms with Gasteiger partial charge in [-0.25, -0.2) is 0 Å². The summed E-state index contributed by atoms with van der Waals surface area (Å²) in [5.74, 6) is 2.58. The highest BCUT2D eigenvalue weighted by Gasteiger charge is 2.04. The van der Waals surface area contributed by atoms with Gasteiger partial charge < -0.3 is 5.11 Å². The van der Waals surface area contributed by atoms with Crippen LogP contribution in [0, 0.1) is 19.3 Å². The Kier molecular flexibility index (Phi) is 3.89. The van der Waals surface area contributed by atoms with Gasteiger partial charge in [0.25, 0.3) is 0 Å². The summed E-state index contributed by atoms with van der Waals surface area (Å²) >= 11 is 5.91. The maximum atomic E-state index is 9.85. The molecule has 94 valence electrons. The Labute approximate surface area is 117 Å². The molecule has 2 aromatic carbocycles. The molecule has 0 aliphatic heterocycles. The van der Waals surface area contributed by atoms with Crippen LogP contribution in [0.3, 0.4) is 0 Å². The minimum atomic E-state index is 0.0316. The average Bonchev–Trinajstić information content (AvgIpc) is 2.41. The van der Waals surface area contributed by atoms with E-state index < -0.39 is 0 Å². The predicted octanol–water partition coefficient (Wildman–Crippen LogP) is 4.09. The van der Waals surface area contributed by atoms with Crippen LogP contribution in [-0.4, -0.2) is 11.3 Å². The molecule has 0 atom stereocenters. The molecule has 0 spiro atoms. The zero-order chi connectivity index (χ0) is 13.8. The van der Waals surface area contributed by atoms with Gasteiger partial charge in [-0.15, -0.1) is 6.42 Å². The van der Waals surface area contributed by atoms with E-state index in [1.807, 2.05) is 31.2 Å². The van der Waals surface area contributed by atoms with Crippen molar-refractivity contribution in [3.63, 3.8) is 0 Å². The molecule has 3 heteroatoms. The molecule has 2 nitrogen and oxygen atoms in total. The van der Waals surface area contributed by atoms with E-state index >= 15 is 0 Å². The quantitative estimate of drug-likeness (QED) is 0.646. The lowest BCUT2D eigenvalue weighted by molar-refractivity contribution is 0.474.